The van der Waals surface area contributed by atoms with E-state index < -0.39 is 0 Å². The first-order valence-electron chi connectivity index (χ1n) is 12.1. The lowest BCUT2D eigenvalue weighted by atomic mass is 10.0. The van der Waals surface area contributed by atoms with Gasteiger partial charge >= 0.3 is 0 Å². The van der Waals surface area contributed by atoms with Crippen LogP contribution in [0.3, 0.4) is 0 Å². The molecular weight excluding hydrogens is 380 g/mol. The molecule has 0 amide bonds. The van der Waals surface area contributed by atoms with Crippen molar-refractivity contribution in [1.82, 2.24) is 9.30 Å². The second kappa shape index (κ2) is 11.9. The smallest absolute Gasteiger partial charge is 0.210 e. The summed E-state index contributed by atoms with van der Waals surface area (Å²) in [6.07, 6.45) is 10.2. The van der Waals surface area contributed by atoms with Gasteiger partial charge in [-0.15, -0.1) is 0 Å². The summed E-state index contributed by atoms with van der Waals surface area (Å²) in [5, 5.41) is 0. The van der Waals surface area contributed by atoms with Crippen LogP contribution in [0.2, 0.25) is 0 Å². The number of benzene rings is 1. The van der Waals surface area contributed by atoms with Gasteiger partial charge in [0.1, 0.15) is 0 Å². The molecule has 3 rings (SSSR count). The van der Waals surface area contributed by atoms with Gasteiger partial charge in [0.05, 0.1) is 5.69 Å². The monoisotopic (exact) mass is 418 g/mol. The molecule has 1 aromatic carbocycles. The summed E-state index contributed by atoms with van der Waals surface area (Å²) in [5.74, 6) is 0.111. The van der Waals surface area contributed by atoms with Crippen molar-refractivity contribution >= 4 is 11.3 Å². The lowest BCUT2D eigenvalue weighted by Crippen LogP contribution is -2.27. The van der Waals surface area contributed by atoms with E-state index in [-0.39, 0.29) is 5.78 Å². The Hall–Kier alpha value is -2.39. The van der Waals surface area contributed by atoms with Gasteiger partial charge in [0.2, 0.25) is 5.78 Å². The van der Waals surface area contributed by atoms with Gasteiger partial charge in [0, 0.05) is 17.3 Å². The van der Waals surface area contributed by atoms with Crippen LogP contribution in [0.25, 0.3) is 5.52 Å². The fourth-order valence-corrected chi connectivity index (χ4v) is 4.27. The van der Waals surface area contributed by atoms with E-state index in [0.29, 0.717) is 0 Å². The third-order valence-electron chi connectivity index (χ3n) is 6.17. The van der Waals surface area contributed by atoms with Gasteiger partial charge in [-0.1, -0.05) is 63.9 Å². The molecule has 0 unspecified atom stereocenters. The highest BCUT2D eigenvalue weighted by Gasteiger charge is 2.18. The Kier molecular flexibility index (Phi) is 8.90. The molecule has 0 aliphatic carbocycles. The molecule has 3 aromatic rings. The number of fused-ring (bicyclic) bond motifs is 1. The van der Waals surface area contributed by atoms with E-state index in [1.54, 1.807) is 0 Å². The van der Waals surface area contributed by atoms with Crippen molar-refractivity contribution in [2.24, 2.45) is 0 Å². The SMILES string of the molecule is CCCCN(CCCC)CCCc1ccc(C(=O)c2c(CC)cc3ccccn23)cc1. The summed E-state index contributed by atoms with van der Waals surface area (Å²) in [6, 6.07) is 16.5. The molecule has 0 bridgehead atoms. The first-order chi connectivity index (χ1) is 15.2. The first-order valence-corrected chi connectivity index (χ1v) is 12.1. The minimum atomic E-state index is 0.111. The molecule has 2 heterocycles. The van der Waals surface area contributed by atoms with Crippen LogP contribution in [0.15, 0.2) is 54.7 Å². The second-order valence-electron chi connectivity index (χ2n) is 8.55. The second-order valence-corrected chi connectivity index (χ2v) is 8.55. The maximum absolute atomic E-state index is 13.3. The van der Waals surface area contributed by atoms with Gasteiger partial charge in [-0.25, -0.2) is 0 Å². The van der Waals surface area contributed by atoms with Gasteiger partial charge in [0.15, 0.2) is 0 Å². The molecule has 0 fully saturated rings. The van der Waals surface area contributed by atoms with Crippen LogP contribution in [-0.2, 0) is 12.8 Å². The van der Waals surface area contributed by atoms with Crippen molar-refractivity contribution in [2.75, 3.05) is 19.6 Å². The standard InChI is InChI=1S/C28H38N2O/c1-4-7-18-29(19-8-5-2)20-11-12-23-14-16-25(17-15-23)28(31)27-24(6-3)22-26-13-9-10-21-30(26)27/h9-10,13-17,21-22H,4-8,11-12,18-20H2,1-3H3. The molecular formula is C28H38N2O. The minimum absolute atomic E-state index is 0.111. The van der Waals surface area contributed by atoms with Crippen molar-refractivity contribution in [1.29, 1.82) is 0 Å². The normalized spacial score (nSPS) is 11.5. The Labute approximate surface area is 188 Å². The van der Waals surface area contributed by atoms with Crippen LogP contribution < -0.4 is 0 Å². The van der Waals surface area contributed by atoms with Gasteiger partial charge in [-0.05, 0) is 81.1 Å². The number of hydrogen-bond donors (Lipinski definition) is 0. The predicted molar refractivity (Wildman–Crippen MR) is 131 cm³/mol. The Balaban J connectivity index is 1.63. The van der Waals surface area contributed by atoms with Crippen molar-refractivity contribution < 1.29 is 4.79 Å². The van der Waals surface area contributed by atoms with E-state index in [1.807, 2.05) is 34.9 Å². The number of nitrogens with zero attached hydrogens (tertiary/aromatic N) is 2. The highest BCUT2D eigenvalue weighted by molar-refractivity contribution is 6.09. The minimum Gasteiger partial charge on any atom is -0.313 e. The Bertz CT molecular complexity index is 947. The van der Waals surface area contributed by atoms with Crippen molar-refractivity contribution in [3.8, 4) is 0 Å². The number of pyridine rings is 1. The van der Waals surface area contributed by atoms with E-state index in [1.165, 1.54) is 50.8 Å². The fourth-order valence-electron chi connectivity index (χ4n) is 4.27. The highest BCUT2D eigenvalue weighted by atomic mass is 16.1. The molecule has 0 saturated carbocycles. The molecule has 3 nitrogen and oxygen atoms in total. The molecule has 0 radical (unpaired) electrons. The lowest BCUT2D eigenvalue weighted by Gasteiger charge is -2.21. The Morgan fingerprint density at radius 2 is 1.55 bits per heavy atom. The van der Waals surface area contributed by atoms with Crippen LogP contribution >= 0.6 is 0 Å². The van der Waals surface area contributed by atoms with Gasteiger partial charge in [-0.2, -0.15) is 0 Å². The average Bonchev–Trinajstić information content (AvgIpc) is 3.19. The van der Waals surface area contributed by atoms with Crippen LogP contribution in [0.4, 0.5) is 0 Å². The molecule has 31 heavy (non-hydrogen) atoms. The lowest BCUT2D eigenvalue weighted by molar-refractivity contribution is 0.103. The molecule has 0 N–H and O–H groups in total. The predicted octanol–water partition coefficient (Wildman–Crippen LogP) is 6.57. The molecule has 166 valence electrons. The zero-order valence-corrected chi connectivity index (χ0v) is 19.6. The number of rotatable bonds is 13. The number of aromatic nitrogens is 1. The van der Waals surface area contributed by atoms with Crippen LogP contribution in [0, 0.1) is 0 Å². The van der Waals surface area contributed by atoms with Crippen LogP contribution in [0.5, 0.6) is 0 Å². The molecule has 0 spiro atoms. The van der Waals surface area contributed by atoms with Gasteiger partial charge in [0.25, 0.3) is 0 Å². The quantitative estimate of drug-likeness (QED) is 0.293. The van der Waals surface area contributed by atoms with Crippen molar-refractivity contribution in [3.05, 3.63) is 77.1 Å². The van der Waals surface area contributed by atoms with E-state index in [0.717, 1.165) is 41.7 Å². The summed E-state index contributed by atoms with van der Waals surface area (Å²) in [6.45, 7) is 10.2. The summed E-state index contributed by atoms with van der Waals surface area (Å²) in [5.41, 5.74) is 5.08. The highest BCUT2D eigenvalue weighted by Crippen LogP contribution is 2.21. The Morgan fingerprint density at radius 1 is 0.871 bits per heavy atom. The number of carbonyl (C=O) groups excluding carboxylic acids is 1. The number of hydrogen-bond acceptors (Lipinski definition) is 2. The van der Waals surface area contributed by atoms with Crippen molar-refractivity contribution in [3.63, 3.8) is 0 Å². The van der Waals surface area contributed by atoms with E-state index in [4.69, 9.17) is 0 Å². The first kappa shape index (κ1) is 23.3. The Morgan fingerprint density at radius 3 is 2.19 bits per heavy atom. The summed E-state index contributed by atoms with van der Waals surface area (Å²) in [4.78, 5) is 15.9. The maximum atomic E-state index is 13.3. The molecule has 3 heteroatoms. The molecule has 0 atom stereocenters. The van der Waals surface area contributed by atoms with Crippen molar-refractivity contribution in [2.45, 2.75) is 65.7 Å². The van der Waals surface area contributed by atoms with E-state index >= 15 is 0 Å². The molecule has 0 saturated heterocycles. The summed E-state index contributed by atoms with van der Waals surface area (Å²) >= 11 is 0. The van der Waals surface area contributed by atoms with E-state index in [2.05, 4.69) is 49.9 Å². The topological polar surface area (TPSA) is 24.7 Å². The molecule has 0 aliphatic heterocycles. The fraction of sp³-hybridized carbons (Fsp3) is 0.464. The number of aryl methyl sites for hydroxylation is 2. The number of carbonyl (C=O) groups is 1. The summed E-state index contributed by atoms with van der Waals surface area (Å²) in [7, 11) is 0. The zero-order chi connectivity index (χ0) is 22.1. The number of unbranched alkanes of at least 4 members (excludes halogenated alkanes) is 2. The number of ketones is 1. The van der Waals surface area contributed by atoms with Gasteiger partial charge < -0.3 is 9.30 Å². The maximum Gasteiger partial charge on any atom is 0.210 e. The molecule has 2 aromatic heterocycles. The van der Waals surface area contributed by atoms with E-state index in [9.17, 15) is 4.79 Å². The third kappa shape index (κ3) is 6.07. The van der Waals surface area contributed by atoms with Crippen LogP contribution in [0.1, 0.15) is 80.1 Å². The van der Waals surface area contributed by atoms with Gasteiger partial charge in [-0.3, -0.25) is 4.79 Å². The zero-order valence-electron chi connectivity index (χ0n) is 19.6. The summed E-state index contributed by atoms with van der Waals surface area (Å²) < 4.78 is 2.02. The molecule has 0 aliphatic rings. The van der Waals surface area contributed by atoms with Crippen LogP contribution in [-0.4, -0.2) is 34.7 Å². The third-order valence-corrected chi connectivity index (χ3v) is 6.17. The largest absolute Gasteiger partial charge is 0.313 e. The average molecular weight is 419 g/mol.